The van der Waals surface area contributed by atoms with Crippen LogP contribution in [0, 0.1) is 5.92 Å². The van der Waals surface area contributed by atoms with Crippen LogP contribution in [0.25, 0.3) is 0 Å². The van der Waals surface area contributed by atoms with E-state index >= 15 is 0 Å². The highest BCUT2D eigenvalue weighted by Crippen LogP contribution is 2.31. The van der Waals surface area contributed by atoms with E-state index in [1.807, 2.05) is 0 Å². The first kappa shape index (κ1) is 25.8. The maximum Gasteiger partial charge on any atom is 0.306 e. The average molecular weight is 425 g/mol. The fraction of sp³-hybridized carbons (Fsp3) is 0.682. The number of ether oxygens (including phenoxy) is 2. The molecule has 2 amide bonds. The highest BCUT2D eigenvalue weighted by Gasteiger charge is 2.38. The summed E-state index contributed by atoms with van der Waals surface area (Å²) in [5.41, 5.74) is -0.574. The Bertz CT molecular complexity index is 572. The van der Waals surface area contributed by atoms with Crippen LogP contribution in [-0.2, 0) is 23.9 Å². The van der Waals surface area contributed by atoms with E-state index in [1.54, 1.807) is 12.2 Å². The van der Waals surface area contributed by atoms with Crippen LogP contribution < -0.4 is 10.6 Å². The molecule has 0 aromatic heterocycles. The average Bonchev–Trinajstić information content (AvgIpc) is 3.18. The lowest BCUT2D eigenvalue weighted by atomic mass is 9.94. The largest absolute Gasteiger partial charge is 0.463 e. The third kappa shape index (κ3) is 10.0. The minimum absolute atomic E-state index is 0.0348. The number of hydrogen-bond acceptors (Lipinski definition) is 6. The van der Waals surface area contributed by atoms with Crippen LogP contribution in [0.3, 0.4) is 0 Å². The predicted molar refractivity (Wildman–Crippen MR) is 114 cm³/mol. The number of amides is 2. The molecule has 0 spiro atoms. The van der Waals surface area contributed by atoms with Crippen LogP contribution in [0.2, 0.25) is 0 Å². The van der Waals surface area contributed by atoms with Crippen molar-refractivity contribution in [3.05, 3.63) is 25.3 Å². The molecule has 1 aliphatic rings. The van der Waals surface area contributed by atoms with E-state index in [1.165, 1.54) is 0 Å². The molecule has 1 unspecified atom stereocenters. The van der Waals surface area contributed by atoms with E-state index in [-0.39, 0.29) is 50.4 Å². The summed E-state index contributed by atoms with van der Waals surface area (Å²) >= 11 is 0. The van der Waals surface area contributed by atoms with Gasteiger partial charge in [0.15, 0.2) is 0 Å². The molecule has 1 aliphatic carbocycles. The van der Waals surface area contributed by atoms with Crippen molar-refractivity contribution in [1.82, 2.24) is 10.6 Å². The summed E-state index contributed by atoms with van der Waals surface area (Å²) in [6.07, 6.45) is 7.90. The molecule has 1 rings (SSSR count). The van der Waals surface area contributed by atoms with Gasteiger partial charge >= 0.3 is 5.97 Å². The summed E-state index contributed by atoms with van der Waals surface area (Å²) in [7, 11) is 0. The molecule has 3 N–H and O–H groups in total. The second kappa shape index (κ2) is 14.7. The molecule has 30 heavy (non-hydrogen) atoms. The normalized spacial score (nSPS) is 15.8. The highest BCUT2D eigenvalue weighted by atomic mass is 16.5. The third-order valence-corrected chi connectivity index (χ3v) is 5.07. The maximum absolute atomic E-state index is 12.9. The second-order valence-electron chi connectivity index (χ2n) is 7.58. The molecule has 0 aliphatic heterocycles. The number of nitrogens with one attached hydrogen (secondary N) is 2. The van der Waals surface area contributed by atoms with Crippen molar-refractivity contribution in [1.29, 1.82) is 0 Å². The van der Waals surface area contributed by atoms with Gasteiger partial charge in [-0.05, 0) is 25.7 Å². The lowest BCUT2D eigenvalue weighted by molar-refractivity contribution is -0.147. The molecule has 0 radical (unpaired) electrons. The SMILES string of the molecule is C=CCCC(=O)OCC1(NC(=O)C(CC=C)CC(=O)NCCOCCO)CCCC1. The molecule has 0 heterocycles. The van der Waals surface area contributed by atoms with Gasteiger partial charge in [-0.25, -0.2) is 0 Å². The number of allylic oxidation sites excluding steroid dienone is 2. The Morgan fingerprint density at radius 2 is 1.87 bits per heavy atom. The van der Waals surface area contributed by atoms with E-state index in [4.69, 9.17) is 14.6 Å². The van der Waals surface area contributed by atoms with E-state index in [0.29, 0.717) is 26.0 Å². The van der Waals surface area contributed by atoms with E-state index in [0.717, 1.165) is 25.7 Å². The molecule has 1 saturated carbocycles. The summed E-state index contributed by atoms with van der Waals surface area (Å²) in [6, 6.07) is 0. The quantitative estimate of drug-likeness (QED) is 0.197. The molecular formula is C22H36N2O6. The first-order valence-corrected chi connectivity index (χ1v) is 10.6. The molecule has 0 aromatic rings. The fourth-order valence-electron chi connectivity index (χ4n) is 3.44. The number of hydrogen-bond donors (Lipinski definition) is 3. The summed E-state index contributed by atoms with van der Waals surface area (Å²) in [6.45, 7) is 8.19. The van der Waals surface area contributed by atoms with Gasteiger partial charge in [0.1, 0.15) is 6.61 Å². The van der Waals surface area contributed by atoms with E-state index < -0.39 is 11.5 Å². The molecule has 8 nitrogen and oxygen atoms in total. The first-order chi connectivity index (χ1) is 14.5. The Kier molecular flexibility index (Phi) is 12.7. The van der Waals surface area contributed by atoms with Crippen LogP contribution in [0.1, 0.15) is 51.4 Å². The second-order valence-corrected chi connectivity index (χ2v) is 7.58. The number of carbonyl (C=O) groups is 3. The van der Waals surface area contributed by atoms with E-state index in [9.17, 15) is 14.4 Å². The Hall–Kier alpha value is -2.19. The third-order valence-electron chi connectivity index (χ3n) is 5.07. The Morgan fingerprint density at radius 1 is 1.13 bits per heavy atom. The first-order valence-electron chi connectivity index (χ1n) is 10.6. The molecule has 1 fully saturated rings. The zero-order chi connectivity index (χ0) is 22.2. The fourth-order valence-corrected chi connectivity index (χ4v) is 3.44. The maximum atomic E-state index is 12.9. The molecule has 8 heteroatoms. The van der Waals surface area contributed by atoms with Crippen molar-refractivity contribution >= 4 is 17.8 Å². The minimum Gasteiger partial charge on any atom is -0.463 e. The smallest absolute Gasteiger partial charge is 0.306 e. The van der Waals surface area contributed by atoms with Crippen LogP contribution in [0.15, 0.2) is 25.3 Å². The molecule has 170 valence electrons. The molecular weight excluding hydrogens is 388 g/mol. The standard InChI is InChI=1S/C22H36N2O6/c1-3-5-9-20(27)30-17-22(10-6-7-11-22)24-21(28)18(8-4-2)16-19(26)23-12-14-29-15-13-25/h3-4,18,25H,1-2,5-17H2,(H,23,26)(H,24,28). The van der Waals surface area contributed by atoms with Crippen molar-refractivity contribution in [3.63, 3.8) is 0 Å². The summed E-state index contributed by atoms with van der Waals surface area (Å²) in [5.74, 6) is -1.33. The predicted octanol–water partition coefficient (Wildman–Crippen LogP) is 1.63. The zero-order valence-electron chi connectivity index (χ0n) is 17.8. The van der Waals surface area contributed by atoms with Crippen molar-refractivity contribution in [2.45, 2.75) is 56.9 Å². The monoisotopic (exact) mass is 424 g/mol. The van der Waals surface area contributed by atoms with Gasteiger partial charge < -0.3 is 25.2 Å². The lowest BCUT2D eigenvalue weighted by Crippen LogP contribution is -2.52. The van der Waals surface area contributed by atoms with Gasteiger partial charge in [-0.2, -0.15) is 0 Å². The molecule has 0 saturated heterocycles. The van der Waals surface area contributed by atoms with Crippen LogP contribution in [0.4, 0.5) is 0 Å². The number of aliphatic hydroxyl groups excluding tert-OH is 1. The van der Waals surface area contributed by atoms with Crippen molar-refractivity contribution < 1.29 is 29.0 Å². The van der Waals surface area contributed by atoms with Crippen molar-refractivity contribution in [3.8, 4) is 0 Å². The van der Waals surface area contributed by atoms with Gasteiger partial charge in [0.25, 0.3) is 0 Å². The number of carbonyl (C=O) groups excluding carboxylic acids is 3. The van der Waals surface area contributed by atoms with Gasteiger partial charge in [0.05, 0.1) is 31.3 Å². The highest BCUT2D eigenvalue weighted by molar-refractivity contribution is 5.86. The summed E-state index contributed by atoms with van der Waals surface area (Å²) < 4.78 is 10.5. The zero-order valence-corrected chi connectivity index (χ0v) is 17.8. The number of rotatable bonds is 16. The van der Waals surface area contributed by atoms with Gasteiger partial charge in [-0.3, -0.25) is 14.4 Å². The Balaban J connectivity index is 2.58. The Labute approximate surface area is 179 Å². The molecule has 0 aromatic carbocycles. The van der Waals surface area contributed by atoms with Gasteiger partial charge in [0.2, 0.25) is 11.8 Å². The van der Waals surface area contributed by atoms with Crippen molar-refractivity contribution in [2.24, 2.45) is 5.92 Å². The number of aliphatic hydroxyl groups is 1. The number of esters is 1. The molecule has 1 atom stereocenters. The van der Waals surface area contributed by atoms with E-state index in [2.05, 4.69) is 23.8 Å². The molecule has 0 bridgehead atoms. The van der Waals surface area contributed by atoms with Crippen molar-refractivity contribution in [2.75, 3.05) is 33.0 Å². The van der Waals surface area contributed by atoms with Gasteiger partial charge in [-0.15, -0.1) is 13.2 Å². The lowest BCUT2D eigenvalue weighted by Gasteiger charge is -2.31. The van der Waals surface area contributed by atoms with Crippen LogP contribution >= 0.6 is 0 Å². The summed E-state index contributed by atoms with van der Waals surface area (Å²) in [5, 5.41) is 14.4. The van der Waals surface area contributed by atoms with Gasteiger partial charge in [0, 0.05) is 19.4 Å². The summed E-state index contributed by atoms with van der Waals surface area (Å²) in [4.78, 5) is 37.0. The minimum atomic E-state index is -0.574. The van der Waals surface area contributed by atoms with Crippen LogP contribution in [-0.4, -0.2) is 61.4 Å². The van der Waals surface area contributed by atoms with Gasteiger partial charge in [-0.1, -0.05) is 25.0 Å². The Morgan fingerprint density at radius 3 is 2.50 bits per heavy atom. The topological polar surface area (TPSA) is 114 Å². The van der Waals surface area contributed by atoms with Crippen LogP contribution in [0.5, 0.6) is 0 Å².